The minimum Gasteiger partial charge on any atom is -0.491 e. The third-order valence-corrected chi connectivity index (χ3v) is 5.33. The number of benzene rings is 2. The molecule has 3 rings (SSSR count). The van der Waals surface area contributed by atoms with E-state index in [4.69, 9.17) is 16.3 Å². The summed E-state index contributed by atoms with van der Waals surface area (Å²) in [6.07, 6.45) is 1.17. The van der Waals surface area contributed by atoms with E-state index in [1.165, 1.54) is 11.8 Å². The number of hydrogen-bond acceptors (Lipinski definition) is 5. The monoisotopic (exact) mass is 415 g/mol. The van der Waals surface area contributed by atoms with Gasteiger partial charge in [-0.3, -0.25) is 4.57 Å². The number of aliphatic hydroxyl groups is 1. The standard InChI is InChI=1S/C21H22ClN3O2S/c1-3-11-25-20(16-7-9-17(22)10-8-16)23-24-21(25)28-14-18(26)13-27-19-6-4-5-15(2)12-19/h3-10,12,18,26H,1,11,13-14H2,2H3/t18-/m1/s1. The molecule has 1 N–H and O–H groups in total. The molecule has 146 valence electrons. The van der Waals surface area contributed by atoms with Crippen LogP contribution in [0.3, 0.4) is 0 Å². The average molecular weight is 416 g/mol. The van der Waals surface area contributed by atoms with Crippen LogP contribution in [0.1, 0.15) is 5.56 Å². The molecule has 0 fully saturated rings. The zero-order chi connectivity index (χ0) is 19.9. The van der Waals surface area contributed by atoms with Crippen molar-refractivity contribution >= 4 is 23.4 Å². The van der Waals surface area contributed by atoms with Crippen LogP contribution < -0.4 is 4.74 Å². The molecule has 0 amide bonds. The van der Waals surface area contributed by atoms with Crippen LogP contribution in [0.4, 0.5) is 0 Å². The van der Waals surface area contributed by atoms with Gasteiger partial charge in [0, 0.05) is 22.9 Å². The first-order valence-corrected chi connectivity index (χ1v) is 10.2. The van der Waals surface area contributed by atoms with E-state index in [-0.39, 0.29) is 6.61 Å². The number of rotatable bonds is 9. The molecule has 7 heteroatoms. The highest BCUT2D eigenvalue weighted by Crippen LogP contribution is 2.25. The fraction of sp³-hybridized carbons (Fsp3) is 0.238. The van der Waals surface area contributed by atoms with E-state index in [1.54, 1.807) is 6.08 Å². The minimum atomic E-state index is -0.627. The molecule has 0 bridgehead atoms. The van der Waals surface area contributed by atoms with E-state index in [0.717, 1.165) is 27.9 Å². The Morgan fingerprint density at radius 1 is 1.25 bits per heavy atom. The van der Waals surface area contributed by atoms with Crippen LogP contribution in [0.15, 0.2) is 66.3 Å². The molecule has 28 heavy (non-hydrogen) atoms. The van der Waals surface area contributed by atoms with Crippen LogP contribution >= 0.6 is 23.4 Å². The molecule has 0 aliphatic rings. The predicted octanol–water partition coefficient (Wildman–Crippen LogP) is 4.62. The summed E-state index contributed by atoms with van der Waals surface area (Å²) in [7, 11) is 0. The zero-order valence-corrected chi connectivity index (χ0v) is 17.2. The Morgan fingerprint density at radius 3 is 2.75 bits per heavy atom. The summed E-state index contributed by atoms with van der Waals surface area (Å²) in [5, 5.41) is 20.3. The largest absolute Gasteiger partial charge is 0.491 e. The van der Waals surface area contributed by atoms with Gasteiger partial charge in [-0.15, -0.1) is 16.8 Å². The molecular formula is C21H22ClN3O2S. The van der Waals surface area contributed by atoms with Gasteiger partial charge in [0.05, 0.1) is 6.10 Å². The minimum absolute atomic E-state index is 0.218. The van der Waals surface area contributed by atoms with Crippen LogP contribution in [0.25, 0.3) is 11.4 Å². The van der Waals surface area contributed by atoms with E-state index in [1.807, 2.05) is 60.0 Å². The second-order valence-electron chi connectivity index (χ2n) is 6.30. The maximum atomic E-state index is 10.3. The van der Waals surface area contributed by atoms with Crippen molar-refractivity contribution in [1.29, 1.82) is 0 Å². The summed E-state index contributed by atoms with van der Waals surface area (Å²) in [4.78, 5) is 0. The summed E-state index contributed by atoms with van der Waals surface area (Å²) in [5.41, 5.74) is 2.04. The quantitative estimate of drug-likeness (QED) is 0.408. The Hall–Kier alpha value is -2.28. The number of aliphatic hydroxyl groups excluding tert-OH is 1. The first-order valence-electron chi connectivity index (χ1n) is 8.87. The van der Waals surface area contributed by atoms with Crippen LogP contribution in [-0.2, 0) is 6.54 Å². The average Bonchev–Trinajstić information content (AvgIpc) is 3.08. The van der Waals surface area contributed by atoms with Crippen molar-refractivity contribution in [2.24, 2.45) is 0 Å². The smallest absolute Gasteiger partial charge is 0.191 e. The van der Waals surface area contributed by atoms with E-state index < -0.39 is 6.10 Å². The van der Waals surface area contributed by atoms with Gasteiger partial charge in [0.1, 0.15) is 12.4 Å². The molecule has 0 spiro atoms. The van der Waals surface area contributed by atoms with Crippen molar-refractivity contribution in [2.75, 3.05) is 12.4 Å². The van der Waals surface area contributed by atoms with Gasteiger partial charge < -0.3 is 9.84 Å². The molecule has 0 saturated carbocycles. The van der Waals surface area contributed by atoms with Gasteiger partial charge in [-0.05, 0) is 48.9 Å². The fourth-order valence-corrected chi connectivity index (χ4v) is 3.60. The molecular weight excluding hydrogens is 394 g/mol. The van der Waals surface area contributed by atoms with Gasteiger partial charge in [0.15, 0.2) is 11.0 Å². The lowest BCUT2D eigenvalue weighted by Crippen LogP contribution is -2.20. The first kappa shape index (κ1) is 20.5. The second-order valence-corrected chi connectivity index (χ2v) is 7.73. The number of ether oxygens (including phenoxy) is 1. The zero-order valence-electron chi connectivity index (χ0n) is 15.6. The molecule has 0 aliphatic carbocycles. The van der Waals surface area contributed by atoms with Gasteiger partial charge in [-0.1, -0.05) is 41.6 Å². The summed E-state index contributed by atoms with van der Waals surface area (Å²) < 4.78 is 7.63. The van der Waals surface area contributed by atoms with Crippen LogP contribution in [-0.4, -0.2) is 38.3 Å². The third kappa shape index (κ3) is 5.38. The van der Waals surface area contributed by atoms with Gasteiger partial charge in [0.25, 0.3) is 0 Å². The topological polar surface area (TPSA) is 60.2 Å². The van der Waals surface area contributed by atoms with Gasteiger partial charge in [-0.25, -0.2) is 0 Å². The van der Waals surface area contributed by atoms with Crippen molar-refractivity contribution in [1.82, 2.24) is 14.8 Å². The predicted molar refractivity (Wildman–Crippen MR) is 114 cm³/mol. The molecule has 1 heterocycles. The Labute approximate surface area is 174 Å². The summed E-state index contributed by atoms with van der Waals surface area (Å²) >= 11 is 7.41. The van der Waals surface area contributed by atoms with Gasteiger partial charge in [-0.2, -0.15) is 0 Å². The van der Waals surface area contributed by atoms with Crippen molar-refractivity contribution in [2.45, 2.75) is 24.7 Å². The van der Waals surface area contributed by atoms with Gasteiger partial charge >= 0.3 is 0 Å². The van der Waals surface area contributed by atoms with Crippen LogP contribution in [0.5, 0.6) is 5.75 Å². The molecule has 1 aromatic heterocycles. The highest BCUT2D eigenvalue weighted by atomic mass is 35.5. The number of aromatic nitrogens is 3. The second kappa shape index (κ2) is 9.78. The number of nitrogens with zero attached hydrogens (tertiary/aromatic N) is 3. The van der Waals surface area contributed by atoms with Crippen molar-refractivity contribution in [3.63, 3.8) is 0 Å². The molecule has 0 radical (unpaired) electrons. The number of thioether (sulfide) groups is 1. The first-order chi connectivity index (χ1) is 13.6. The van der Waals surface area contributed by atoms with Crippen molar-refractivity contribution in [3.05, 3.63) is 71.8 Å². The number of hydrogen-bond donors (Lipinski definition) is 1. The van der Waals surface area contributed by atoms with E-state index in [9.17, 15) is 5.11 Å². The normalized spacial score (nSPS) is 12.0. The Balaban J connectivity index is 1.63. The summed E-state index contributed by atoms with van der Waals surface area (Å²) in [6, 6.07) is 15.2. The molecule has 0 aliphatic heterocycles. The molecule has 0 unspecified atom stereocenters. The highest BCUT2D eigenvalue weighted by molar-refractivity contribution is 7.99. The highest BCUT2D eigenvalue weighted by Gasteiger charge is 2.15. The lowest BCUT2D eigenvalue weighted by molar-refractivity contribution is 0.126. The number of aryl methyl sites for hydroxylation is 1. The Kier molecular flexibility index (Phi) is 7.14. The summed E-state index contributed by atoms with van der Waals surface area (Å²) in [6.45, 7) is 6.61. The Bertz CT molecular complexity index is 928. The molecule has 5 nitrogen and oxygen atoms in total. The maximum Gasteiger partial charge on any atom is 0.191 e. The summed E-state index contributed by atoms with van der Waals surface area (Å²) in [5.74, 6) is 1.94. The van der Waals surface area contributed by atoms with Crippen molar-refractivity contribution < 1.29 is 9.84 Å². The molecule has 1 atom stereocenters. The van der Waals surface area contributed by atoms with Crippen LogP contribution in [0, 0.1) is 6.92 Å². The maximum absolute atomic E-state index is 10.3. The SMILES string of the molecule is C=CCn1c(SC[C@H](O)COc2cccc(C)c2)nnc1-c1ccc(Cl)cc1. The molecule has 0 saturated heterocycles. The van der Waals surface area contributed by atoms with E-state index >= 15 is 0 Å². The van der Waals surface area contributed by atoms with E-state index in [2.05, 4.69) is 16.8 Å². The lowest BCUT2D eigenvalue weighted by atomic mass is 10.2. The lowest BCUT2D eigenvalue weighted by Gasteiger charge is -2.13. The fourth-order valence-electron chi connectivity index (χ4n) is 2.62. The Morgan fingerprint density at radius 2 is 2.04 bits per heavy atom. The molecule has 3 aromatic rings. The van der Waals surface area contributed by atoms with Crippen molar-refractivity contribution in [3.8, 4) is 17.1 Å². The third-order valence-electron chi connectivity index (χ3n) is 3.97. The number of halogens is 1. The van der Waals surface area contributed by atoms with Gasteiger partial charge in [0.2, 0.25) is 0 Å². The number of allylic oxidation sites excluding steroid dienone is 1. The molecule has 2 aromatic carbocycles. The van der Waals surface area contributed by atoms with Crippen LogP contribution in [0.2, 0.25) is 5.02 Å². The van der Waals surface area contributed by atoms with E-state index in [0.29, 0.717) is 17.3 Å².